The number of alkyl carbamates (subject to hydrolysis) is 1. The number of nitrogens with one attached hydrogen (secondary N) is 1. The van der Waals surface area contributed by atoms with Gasteiger partial charge < -0.3 is 24.6 Å². The van der Waals surface area contributed by atoms with Crippen LogP contribution in [0.2, 0.25) is 0 Å². The molecule has 2 amide bonds. The lowest BCUT2D eigenvalue weighted by Crippen LogP contribution is -2.43. The van der Waals surface area contributed by atoms with Crippen LogP contribution in [0, 0.1) is 17.6 Å². The highest BCUT2D eigenvalue weighted by molar-refractivity contribution is 5.69. The molecule has 238 valence electrons. The Bertz CT molecular complexity index is 1490. The van der Waals surface area contributed by atoms with Crippen LogP contribution in [0.3, 0.4) is 0 Å². The fourth-order valence-corrected chi connectivity index (χ4v) is 5.60. The van der Waals surface area contributed by atoms with Crippen molar-refractivity contribution >= 4 is 24.2 Å². The van der Waals surface area contributed by atoms with Crippen molar-refractivity contribution < 1.29 is 27.8 Å². The average molecular weight is 620 g/mol. The molecule has 3 aromatic rings. The van der Waals surface area contributed by atoms with Crippen molar-refractivity contribution in [3.63, 3.8) is 0 Å². The largest absolute Gasteiger partial charge is 0.445 e. The second kappa shape index (κ2) is 14.0. The highest BCUT2D eigenvalue weighted by Gasteiger charge is 2.38. The van der Waals surface area contributed by atoms with Crippen LogP contribution in [0.1, 0.15) is 56.2 Å². The number of anilines is 1. The summed E-state index contributed by atoms with van der Waals surface area (Å²) >= 11 is 0. The third-order valence-electron chi connectivity index (χ3n) is 7.88. The average Bonchev–Trinajstić information content (AvgIpc) is 3.43. The summed E-state index contributed by atoms with van der Waals surface area (Å²) in [6, 6.07) is 12.4. The SMILES string of the molecule is CC(C)(C)OC(=O)NC1CN(c2ncc(C=CC3CCN(C(=O)OCc4ccccc4)CC3)cn2)CC1c1cc(F)ccc1F. The minimum absolute atomic E-state index is 0.175. The van der Waals surface area contributed by atoms with Crippen LogP contribution in [0.5, 0.6) is 0 Å². The number of hydrogen-bond donors (Lipinski definition) is 1. The lowest BCUT2D eigenvalue weighted by atomic mass is 9.94. The first-order valence-corrected chi connectivity index (χ1v) is 15.2. The van der Waals surface area contributed by atoms with Gasteiger partial charge in [0, 0.05) is 50.1 Å². The Morgan fingerprint density at radius 2 is 1.73 bits per heavy atom. The van der Waals surface area contributed by atoms with E-state index >= 15 is 0 Å². The van der Waals surface area contributed by atoms with Gasteiger partial charge in [0.1, 0.15) is 23.8 Å². The summed E-state index contributed by atoms with van der Waals surface area (Å²) in [5.74, 6) is -0.914. The summed E-state index contributed by atoms with van der Waals surface area (Å²) in [5.41, 5.74) is 1.24. The number of nitrogens with zero attached hydrogens (tertiary/aromatic N) is 4. The van der Waals surface area contributed by atoms with Crippen LogP contribution in [0.4, 0.5) is 24.3 Å². The van der Waals surface area contributed by atoms with Gasteiger partial charge in [0.2, 0.25) is 5.95 Å². The van der Waals surface area contributed by atoms with Crippen LogP contribution in [0.15, 0.2) is 67.0 Å². The number of likely N-dealkylation sites (tertiary alicyclic amines) is 1. The number of carbonyl (C=O) groups is 2. The fraction of sp³-hybridized carbons (Fsp3) is 0.412. The third kappa shape index (κ3) is 8.77. The molecule has 2 saturated heterocycles. The summed E-state index contributed by atoms with van der Waals surface area (Å²) in [4.78, 5) is 37.7. The molecule has 5 rings (SSSR count). The van der Waals surface area contributed by atoms with Gasteiger partial charge in [-0.2, -0.15) is 0 Å². The number of carbonyl (C=O) groups excluding carboxylic acids is 2. The monoisotopic (exact) mass is 619 g/mol. The van der Waals surface area contributed by atoms with Crippen molar-refractivity contribution in [2.24, 2.45) is 5.92 Å². The number of piperidine rings is 1. The van der Waals surface area contributed by atoms with Crippen LogP contribution >= 0.6 is 0 Å². The van der Waals surface area contributed by atoms with Gasteiger partial charge in [-0.05, 0) is 68.9 Å². The lowest BCUT2D eigenvalue weighted by Gasteiger charge is -2.30. The Hall–Kier alpha value is -4.54. The molecule has 1 aromatic heterocycles. The molecule has 11 heteroatoms. The number of allylic oxidation sites excluding steroid dienone is 1. The first kappa shape index (κ1) is 31.9. The van der Waals surface area contributed by atoms with E-state index in [2.05, 4.69) is 21.4 Å². The summed E-state index contributed by atoms with van der Waals surface area (Å²) < 4.78 is 39.7. The molecule has 2 fully saturated rings. The molecule has 2 aromatic carbocycles. The normalized spacial score (nSPS) is 19.1. The second-order valence-electron chi connectivity index (χ2n) is 12.5. The molecular weight excluding hydrogens is 580 g/mol. The minimum Gasteiger partial charge on any atom is -0.445 e. The summed E-state index contributed by atoms with van der Waals surface area (Å²) in [6.07, 6.45) is 8.24. The summed E-state index contributed by atoms with van der Waals surface area (Å²) in [5, 5.41) is 2.83. The van der Waals surface area contributed by atoms with Gasteiger partial charge in [-0.15, -0.1) is 0 Å². The molecule has 9 nitrogen and oxygen atoms in total. The molecule has 0 saturated carbocycles. The molecule has 0 aliphatic carbocycles. The number of amides is 2. The number of hydrogen-bond acceptors (Lipinski definition) is 7. The van der Waals surface area contributed by atoms with Crippen LogP contribution < -0.4 is 10.2 Å². The summed E-state index contributed by atoms with van der Waals surface area (Å²) in [6.45, 7) is 7.35. The molecule has 3 heterocycles. The van der Waals surface area contributed by atoms with Gasteiger partial charge in [-0.25, -0.2) is 28.3 Å². The van der Waals surface area contributed by atoms with Gasteiger partial charge in [0.05, 0.1) is 6.04 Å². The van der Waals surface area contributed by atoms with E-state index in [4.69, 9.17) is 9.47 Å². The zero-order valence-corrected chi connectivity index (χ0v) is 25.8. The van der Waals surface area contributed by atoms with Crippen LogP contribution in [0.25, 0.3) is 6.08 Å². The number of ether oxygens (including phenoxy) is 2. The van der Waals surface area contributed by atoms with Crippen molar-refractivity contribution in [2.45, 2.75) is 57.8 Å². The Kier molecular flexibility index (Phi) is 9.95. The van der Waals surface area contributed by atoms with Gasteiger partial charge >= 0.3 is 12.2 Å². The Balaban J connectivity index is 1.17. The lowest BCUT2D eigenvalue weighted by molar-refractivity contribution is 0.0504. The number of benzene rings is 2. The molecule has 2 aliphatic heterocycles. The molecule has 2 atom stereocenters. The van der Waals surface area contributed by atoms with Crippen molar-refractivity contribution in [2.75, 3.05) is 31.1 Å². The van der Waals surface area contributed by atoms with E-state index in [1.807, 2.05) is 41.3 Å². The Labute approximate surface area is 262 Å². The van der Waals surface area contributed by atoms with Gasteiger partial charge in [-0.1, -0.05) is 42.5 Å². The molecule has 45 heavy (non-hydrogen) atoms. The van der Waals surface area contributed by atoms with Crippen molar-refractivity contribution in [3.8, 4) is 0 Å². The maximum Gasteiger partial charge on any atom is 0.410 e. The van der Waals surface area contributed by atoms with Crippen molar-refractivity contribution in [1.82, 2.24) is 20.2 Å². The smallest absolute Gasteiger partial charge is 0.410 e. The van der Waals surface area contributed by atoms with Crippen molar-refractivity contribution in [1.29, 1.82) is 0 Å². The topological polar surface area (TPSA) is 96.9 Å². The van der Waals surface area contributed by atoms with E-state index in [0.29, 0.717) is 31.5 Å². The molecule has 2 aliphatic rings. The quantitative estimate of drug-likeness (QED) is 0.331. The van der Waals surface area contributed by atoms with E-state index in [-0.39, 0.29) is 24.8 Å². The highest BCUT2D eigenvalue weighted by Crippen LogP contribution is 2.32. The first-order valence-electron chi connectivity index (χ1n) is 15.2. The van der Waals surface area contributed by atoms with Crippen LogP contribution in [-0.2, 0) is 16.1 Å². The Morgan fingerprint density at radius 3 is 2.42 bits per heavy atom. The first-order chi connectivity index (χ1) is 21.5. The standard InChI is InChI=1S/C34H39F2N5O4/c1-34(2,3)45-32(42)39-30-21-41(20-28(30)27-17-26(35)11-12-29(27)36)31-37-18-25(19-38-31)10-9-23-13-15-40(16-14-23)33(43)44-22-24-7-5-4-6-8-24/h4-12,17-19,23,28,30H,13-16,20-22H2,1-3H3,(H,39,42). The van der Waals surface area contributed by atoms with E-state index < -0.39 is 35.3 Å². The molecule has 0 spiro atoms. The van der Waals surface area contributed by atoms with Gasteiger partial charge in [0.15, 0.2) is 0 Å². The number of rotatable bonds is 7. The van der Waals surface area contributed by atoms with Gasteiger partial charge in [-0.3, -0.25) is 0 Å². The van der Waals surface area contributed by atoms with Crippen molar-refractivity contribution in [3.05, 3.63) is 95.3 Å². The number of aromatic nitrogens is 2. The molecule has 0 bridgehead atoms. The molecule has 0 radical (unpaired) electrons. The van der Waals surface area contributed by atoms with Crippen LogP contribution in [-0.4, -0.2) is 64.9 Å². The number of halogens is 2. The zero-order chi connectivity index (χ0) is 32.0. The van der Waals surface area contributed by atoms with E-state index in [1.54, 1.807) is 38.1 Å². The Morgan fingerprint density at radius 1 is 1.02 bits per heavy atom. The molecular formula is C34H39F2N5O4. The van der Waals surface area contributed by atoms with E-state index in [9.17, 15) is 18.4 Å². The van der Waals surface area contributed by atoms with Gasteiger partial charge in [0.25, 0.3) is 0 Å². The molecule has 1 N–H and O–H groups in total. The minimum atomic E-state index is -0.709. The zero-order valence-electron chi connectivity index (χ0n) is 25.8. The van der Waals surface area contributed by atoms with E-state index in [0.717, 1.165) is 36.1 Å². The summed E-state index contributed by atoms with van der Waals surface area (Å²) in [7, 11) is 0. The predicted molar refractivity (Wildman–Crippen MR) is 166 cm³/mol. The fourth-order valence-electron chi connectivity index (χ4n) is 5.60. The highest BCUT2D eigenvalue weighted by atomic mass is 19.1. The second-order valence-corrected chi connectivity index (χ2v) is 12.5. The maximum atomic E-state index is 14.8. The predicted octanol–water partition coefficient (Wildman–Crippen LogP) is 6.31. The molecule has 2 unspecified atom stereocenters. The van der Waals surface area contributed by atoms with E-state index in [1.165, 1.54) is 6.07 Å². The maximum absolute atomic E-state index is 14.8. The third-order valence-corrected chi connectivity index (χ3v) is 7.88.